The lowest BCUT2D eigenvalue weighted by Gasteiger charge is -2.22. The summed E-state index contributed by atoms with van der Waals surface area (Å²) in [6.07, 6.45) is 1.42. The maximum Gasteiger partial charge on any atom is 0.291 e. The third kappa shape index (κ3) is 5.60. The van der Waals surface area contributed by atoms with Crippen molar-refractivity contribution >= 4 is 29.1 Å². The third-order valence-corrected chi connectivity index (χ3v) is 4.76. The molecule has 0 aliphatic rings. The summed E-state index contributed by atoms with van der Waals surface area (Å²) in [5.74, 6) is -0.972. The van der Waals surface area contributed by atoms with E-state index in [2.05, 4.69) is 16.0 Å². The first kappa shape index (κ1) is 21.8. The number of carbonyl (C=O) groups excluding carboxylic acids is 3. The molecule has 1 unspecified atom stereocenters. The minimum absolute atomic E-state index is 0.130. The number of carbonyl (C=O) groups is 3. The molecule has 3 rings (SSSR count). The summed E-state index contributed by atoms with van der Waals surface area (Å²) in [4.78, 5) is 37.7. The zero-order valence-corrected chi connectivity index (χ0v) is 17.6. The lowest BCUT2D eigenvalue weighted by molar-refractivity contribution is -0.118. The number of nitrogens with one attached hydrogen (secondary N) is 3. The molecular formula is C24H25N3O4. The van der Waals surface area contributed by atoms with Gasteiger partial charge in [-0.15, -0.1) is 0 Å². The highest BCUT2D eigenvalue weighted by Gasteiger charge is 2.25. The molecule has 1 atom stereocenters. The van der Waals surface area contributed by atoms with Gasteiger partial charge in [0.15, 0.2) is 5.76 Å². The number of anilines is 2. The zero-order chi connectivity index (χ0) is 22.4. The molecule has 7 nitrogen and oxygen atoms in total. The topological polar surface area (TPSA) is 100 Å². The first-order chi connectivity index (χ1) is 14.8. The van der Waals surface area contributed by atoms with Crippen LogP contribution in [0.3, 0.4) is 0 Å². The summed E-state index contributed by atoms with van der Waals surface area (Å²) < 4.78 is 5.08. The van der Waals surface area contributed by atoms with E-state index >= 15 is 0 Å². The van der Waals surface area contributed by atoms with Gasteiger partial charge >= 0.3 is 0 Å². The highest BCUT2D eigenvalue weighted by atomic mass is 16.3. The van der Waals surface area contributed by atoms with Crippen LogP contribution in [-0.4, -0.2) is 23.8 Å². The summed E-state index contributed by atoms with van der Waals surface area (Å²) in [7, 11) is 0. The Hall–Kier alpha value is -3.87. The zero-order valence-electron chi connectivity index (χ0n) is 17.6. The van der Waals surface area contributed by atoms with Crippen molar-refractivity contribution in [1.82, 2.24) is 5.32 Å². The molecule has 3 N–H and O–H groups in total. The van der Waals surface area contributed by atoms with Gasteiger partial charge in [0, 0.05) is 16.9 Å². The number of rotatable bonds is 7. The summed E-state index contributed by atoms with van der Waals surface area (Å²) in [5.41, 5.74) is 2.37. The Labute approximate surface area is 180 Å². The van der Waals surface area contributed by atoms with Crippen molar-refractivity contribution in [1.29, 1.82) is 0 Å². The average molecular weight is 419 g/mol. The van der Waals surface area contributed by atoms with Crippen LogP contribution in [0.15, 0.2) is 71.3 Å². The lowest BCUT2D eigenvalue weighted by atomic mass is 10.0. The fourth-order valence-corrected chi connectivity index (χ4v) is 3.08. The number of amides is 3. The Balaban J connectivity index is 1.69. The second-order valence-electron chi connectivity index (χ2n) is 7.51. The van der Waals surface area contributed by atoms with Gasteiger partial charge in [0.25, 0.3) is 11.8 Å². The number of hydrogen-bond acceptors (Lipinski definition) is 4. The number of aryl methyl sites for hydroxylation is 1. The molecule has 2 aromatic carbocycles. The van der Waals surface area contributed by atoms with Gasteiger partial charge in [-0.2, -0.15) is 0 Å². The largest absolute Gasteiger partial charge is 0.459 e. The lowest BCUT2D eigenvalue weighted by Crippen LogP contribution is -2.47. The van der Waals surface area contributed by atoms with E-state index < -0.39 is 6.04 Å². The number of hydrogen-bond donors (Lipinski definition) is 3. The van der Waals surface area contributed by atoms with Gasteiger partial charge in [-0.05, 0) is 54.8 Å². The van der Waals surface area contributed by atoms with E-state index in [1.807, 2.05) is 32.9 Å². The maximum atomic E-state index is 12.9. The summed E-state index contributed by atoms with van der Waals surface area (Å²) in [5, 5.41) is 8.36. The normalized spacial score (nSPS) is 11.6. The molecular weight excluding hydrogens is 394 g/mol. The minimum Gasteiger partial charge on any atom is -0.459 e. The molecule has 160 valence electrons. The summed E-state index contributed by atoms with van der Waals surface area (Å²) >= 11 is 0. The number of benzene rings is 2. The quantitative estimate of drug-likeness (QED) is 0.533. The van der Waals surface area contributed by atoms with Crippen molar-refractivity contribution in [2.75, 3.05) is 10.6 Å². The second-order valence-corrected chi connectivity index (χ2v) is 7.51. The van der Waals surface area contributed by atoms with Crippen molar-refractivity contribution < 1.29 is 18.8 Å². The van der Waals surface area contributed by atoms with E-state index in [4.69, 9.17) is 4.42 Å². The van der Waals surface area contributed by atoms with Crippen molar-refractivity contribution in [3.63, 3.8) is 0 Å². The van der Waals surface area contributed by atoms with Crippen LogP contribution in [0.1, 0.15) is 40.3 Å². The van der Waals surface area contributed by atoms with Crippen molar-refractivity contribution in [2.24, 2.45) is 5.92 Å². The predicted octanol–water partition coefficient (Wildman–Crippen LogP) is 4.23. The fraction of sp³-hybridized carbons (Fsp3) is 0.208. The van der Waals surface area contributed by atoms with E-state index in [1.165, 1.54) is 6.26 Å². The van der Waals surface area contributed by atoms with Crippen LogP contribution in [0.25, 0.3) is 0 Å². The molecule has 1 aromatic heterocycles. The molecule has 7 heteroatoms. The Morgan fingerprint density at radius 2 is 1.55 bits per heavy atom. The standard InChI is InChI=1S/C24H25N3O4/c1-15(2)21(27-22(28)19-11-5-4-8-16(19)3)24(30)26-18-10-6-9-17(14-18)25-23(29)20-12-7-13-31-20/h4-15,21H,1-3H3,(H,25,29)(H,26,30)(H,27,28). The van der Waals surface area contributed by atoms with E-state index in [0.717, 1.165) is 5.56 Å². The first-order valence-corrected chi connectivity index (χ1v) is 9.97. The molecule has 0 saturated heterocycles. The van der Waals surface area contributed by atoms with Crippen molar-refractivity contribution in [3.8, 4) is 0 Å². The molecule has 0 aliphatic heterocycles. The molecule has 0 bridgehead atoms. The van der Waals surface area contributed by atoms with Crippen LogP contribution in [0, 0.1) is 12.8 Å². The SMILES string of the molecule is Cc1ccccc1C(=O)NC(C(=O)Nc1cccc(NC(=O)c2ccco2)c1)C(C)C. The monoisotopic (exact) mass is 419 g/mol. The van der Waals surface area contributed by atoms with E-state index in [9.17, 15) is 14.4 Å². The van der Waals surface area contributed by atoms with Gasteiger partial charge in [-0.25, -0.2) is 0 Å². The van der Waals surface area contributed by atoms with Crippen LogP contribution in [0.5, 0.6) is 0 Å². The highest BCUT2D eigenvalue weighted by molar-refractivity contribution is 6.04. The Bertz CT molecular complexity index is 1070. The van der Waals surface area contributed by atoms with Crippen LogP contribution < -0.4 is 16.0 Å². The van der Waals surface area contributed by atoms with Gasteiger partial charge in [0.2, 0.25) is 5.91 Å². The van der Waals surface area contributed by atoms with E-state index in [1.54, 1.807) is 48.5 Å². The van der Waals surface area contributed by atoms with Gasteiger partial charge in [-0.1, -0.05) is 38.1 Å². The van der Waals surface area contributed by atoms with Crippen LogP contribution in [-0.2, 0) is 4.79 Å². The molecule has 3 aromatic rings. The van der Waals surface area contributed by atoms with Crippen LogP contribution in [0.4, 0.5) is 11.4 Å². The Kier molecular flexibility index (Phi) is 6.87. The average Bonchev–Trinajstić information content (AvgIpc) is 3.27. The molecule has 1 heterocycles. The van der Waals surface area contributed by atoms with Gasteiger partial charge < -0.3 is 20.4 Å². The Morgan fingerprint density at radius 1 is 0.839 bits per heavy atom. The van der Waals surface area contributed by atoms with Gasteiger partial charge in [-0.3, -0.25) is 14.4 Å². The maximum absolute atomic E-state index is 12.9. The molecule has 0 aliphatic carbocycles. The van der Waals surface area contributed by atoms with E-state index in [-0.39, 0.29) is 29.4 Å². The van der Waals surface area contributed by atoms with E-state index in [0.29, 0.717) is 16.9 Å². The van der Waals surface area contributed by atoms with Gasteiger partial charge in [0.05, 0.1) is 6.26 Å². The highest BCUT2D eigenvalue weighted by Crippen LogP contribution is 2.18. The number of furan rings is 1. The first-order valence-electron chi connectivity index (χ1n) is 9.97. The smallest absolute Gasteiger partial charge is 0.291 e. The van der Waals surface area contributed by atoms with Gasteiger partial charge in [0.1, 0.15) is 6.04 Å². The molecule has 0 saturated carbocycles. The Morgan fingerprint density at radius 3 is 2.19 bits per heavy atom. The van der Waals surface area contributed by atoms with Crippen molar-refractivity contribution in [3.05, 3.63) is 83.8 Å². The summed E-state index contributed by atoms with van der Waals surface area (Å²) in [6.45, 7) is 5.58. The van der Waals surface area contributed by atoms with Crippen LogP contribution >= 0.6 is 0 Å². The fourth-order valence-electron chi connectivity index (χ4n) is 3.08. The molecule has 0 radical (unpaired) electrons. The van der Waals surface area contributed by atoms with Crippen LogP contribution in [0.2, 0.25) is 0 Å². The molecule has 0 spiro atoms. The third-order valence-electron chi connectivity index (χ3n) is 4.76. The molecule has 3 amide bonds. The predicted molar refractivity (Wildman–Crippen MR) is 119 cm³/mol. The molecule has 31 heavy (non-hydrogen) atoms. The second kappa shape index (κ2) is 9.75. The molecule has 0 fully saturated rings. The summed E-state index contributed by atoms with van der Waals surface area (Å²) in [6, 6.07) is 16.4. The van der Waals surface area contributed by atoms with Crippen molar-refractivity contribution in [2.45, 2.75) is 26.8 Å². The minimum atomic E-state index is -0.728.